The number of nitrogens with zero attached hydrogens (tertiary/aromatic N) is 1. The number of rotatable bonds is 5. The largest absolute Gasteiger partial charge is 0.395 e. The van der Waals surface area contributed by atoms with Gasteiger partial charge < -0.3 is 10.8 Å². The van der Waals surface area contributed by atoms with Crippen LogP contribution in [-0.2, 0) is 0 Å². The molecular weight excluding hydrogens is 202 g/mol. The van der Waals surface area contributed by atoms with Crippen LogP contribution in [-0.4, -0.2) is 41.6 Å². The Bertz CT molecular complexity index is 275. The molecule has 2 aliphatic rings. The molecule has 2 rings (SSSR count). The first kappa shape index (κ1) is 11.9. The van der Waals surface area contributed by atoms with Crippen LogP contribution in [0.15, 0.2) is 0 Å². The average molecular weight is 225 g/mol. The van der Waals surface area contributed by atoms with Crippen LogP contribution in [0.5, 0.6) is 0 Å². The van der Waals surface area contributed by atoms with E-state index in [1.165, 1.54) is 19.3 Å². The summed E-state index contributed by atoms with van der Waals surface area (Å²) in [4.78, 5) is 2.40. The van der Waals surface area contributed by atoms with Crippen LogP contribution in [0.4, 0.5) is 0 Å². The van der Waals surface area contributed by atoms with Crippen molar-refractivity contribution in [3.63, 3.8) is 0 Å². The summed E-state index contributed by atoms with van der Waals surface area (Å²) in [5.41, 5.74) is 5.77. The third-order valence-electron chi connectivity index (χ3n) is 4.25. The van der Waals surface area contributed by atoms with E-state index in [4.69, 9.17) is 11.1 Å². The van der Waals surface area contributed by atoms with Crippen molar-refractivity contribution in [3.8, 4) is 0 Å². The van der Waals surface area contributed by atoms with Crippen molar-refractivity contribution >= 4 is 5.84 Å². The zero-order valence-corrected chi connectivity index (χ0v) is 10.1. The highest BCUT2D eigenvalue weighted by atomic mass is 16.3. The van der Waals surface area contributed by atoms with E-state index in [9.17, 15) is 5.11 Å². The smallest absolute Gasteiger partial charge is 0.0911 e. The quantitative estimate of drug-likeness (QED) is 0.478. The Labute approximate surface area is 97.3 Å². The molecule has 1 heterocycles. The van der Waals surface area contributed by atoms with E-state index in [0.29, 0.717) is 17.8 Å². The first-order valence-electron chi connectivity index (χ1n) is 6.24. The minimum Gasteiger partial charge on any atom is -0.395 e. The predicted octanol–water partition coefficient (Wildman–Crippen LogP) is 0.795. The second kappa shape index (κ2) is 4.34. The van der Waals surface area contributed by atoms with Gasteiger partial charge in [0, 0.05) is 19.0 Å². The number of nitrogens with two attached hydrogens (primary N) is 1. The minimum atomic E-state index is 0.261. The van der Waals surface area contributed by atoms with E-state index in [-0.39, 0.29) is 12.0 Å². The molecule has 2 fully saturated rings. The van der Waals surface area contributed by atoms with Crippen LogP contribution >= 0.6 is 0 Å². The zero-order chi connectivity index (χ0) is 11.8. The Hall–Kier alpha value is -0.610. The van der Waals surface area contributed by atoms with Gasteiger partial charge in [0.15, 0.2) is 0 Å². The molecule has 0 radical (unpaired) electrons. The second-order valence-electron chi connectivity index (χ2n) is 5.69. The van der Waals surface area contributed by atoms with Crippen LogP contribution in [0, 0.1) is 16.7 Å². The average Bonchev–Trinajstić information content (AvgIpc) is 2.84. The van der Waals surface area contributed by atoms with Gasteiger partial charge in [0.1, 0.15) is 0 Å². The van der Waals surface area contributed by atoms with Crippen LogP contribution in [0.1, 0.15) is 32.6 Å². The van der Waals surface area contributed by atoms with E-state index in [2.05, 4.69) is 11.8 Å². The van der Waals surface area contributed by atoms with Crippen molar-refractivity contribution in [2.75, 3.05) is 19.7 Å². The molecule has 0 bridgehead atoms. The molecule has 1 saturated carbocycles. The highest BCUT2D eigenvalue weighted by Gasteiger charge is 2.46. The maximum atomic E-state index is 9.40. The monoisotopic (exact) mass is 225 g/mol. The van der Waals surface area contributed by atoms with Gasteiger partial charge in [0.05, 0.1) is 12.4 Å². The van der Waals surface area contributed by atoms with E-state index in [1.807, 2.05) is 0 Å². The van der Waals surface area contributed by atoms with Crippen LogP contribution in [0.3, 0.4) is 0 Å². The first-order valence-corrected chi connectivity index (χ1v) is 6.24. The molecule has 4 nitrogen and oxygen atoms in total. The fourth-order valence-corrected chi connectivity index (χ4v) is 2.98. The fraction of sp³-hybridized carbons (Fsp3) is 0.917. The van der Waals surface area contributed by atoms with Gasteiger partial charge in [-0.15, -0.1) is 0 Å². The Kier molecular flexibility index (Phi) is 3.22. The number of aliphatic hydroxyl groups excluding tert-OH is 1. The molecule has 16 heavy (non-hydrogen) atoms. The molecule has 4 heteroatoms. The topological polar surface area (TPSA) is 73.3 Å². The van der Waals surface area contributed by atoms with Gasteiger partial charge in [-0.3, -0.25) is 10.3 Å². The molecule has 2 atom stereocenters. The summed E-state index contributed by atoms with van der Waals surface area (Å²) in [5.74, 6) is 0.906. The van der Waals surface area contributed by atoms with E-state index in [0.717, 1.165) is 19.5 Å². The van der Waals surface area contributed by atoms with Crippen molar-refractivity contribution in [1.29, 1.82) is 5.41 Å². The number of aliphatic hydroxyl groups is 1. The normalized spacial score (nSPS) is 32.9. The van der Waals surface area contributed by atoms with Gasteiger partial charge in [-0.05, 0) is 37.1 Å². The molecule has 4 N–H and O–H groups in total. The second-order valence-corrected chi connectivity index (χ2v) is 5.69. The van der Waals surface area contributed by atoms with Gasteiger partial charge in [0.2, 0.25) is 0 Å². The summed E-state index contributed by atoms with van der Waals surface area (Å²) in [6, 6.07) is 0.324. The zero-order valence-electron chi connectivity index (χ0n) is 10.1. The molecule has 0 aromatic heterocycles. The molecule has 0 aromatic rings. The third kappa shape index (κ3) is 2.38. The first-order chi connectivity index (χ1) is 7.56. The van der Waals surface area contributed by atoms with Crippen molar-refractivity contribution in [1.82, 2.24) is 4.90 Å². The fourth-order valence-electron chi connectivity index (χ4n) is 2.98. The highest BCUT2D eigenvalue weighted by Crippen LogP contribution is 2.50. The lowest BCUT2D eigenvalue weighted by Gasteiger charge is -2.29. The Morgan fingerprint density at radius 2 is 2.25 bits per heavy atom. The van der Waals surface area contributed by atoms with Gasteiger partial charge in [0.25, 0.3) is 0 Å². The van der Waals surface area contributed by atoms with Gasteiger partial charge in [-0.1, -0.05) is 6.92 Å². The van der Waals surface area contributed by atoms with E-state index >= 15 is 0 Å². The highest BCUT2D eigenvalue weighted by molar-refractivity contribution is 5.78. The molecule has 0 amide bonds. The van der Waals surface area contributed by atoms with Crippen molar-refractivity contribution in [2.24, 2.45) is 17.1 Å². The lowest BCUT2D eigenvalue weighted by atomic mass is 9.99. The molecule has 0 spiro atoms. The number of nitrogens with one attached hydrogen (secondary N) is 1. The molecule has 2 unspecified atom stereocenters. The standard InChI is InChI=1S/C12H23N3O/c1-9-2-5-15(10(9)7-16)8-12(3-4-12)6-11(13)14/h9-10,16H,2-8H2,1H3,(H3,13,14). The van der Waals surface area contributed by atoms with Crippen molar-refractivity contribution in [3.05, 3.63) is 0 Å². The van der Waals surface area contributed by atoms with Crippen LogP contribution < -0.4 is 5.73 Å². The Morgan fingerprint density at radius 1 is 1.56 bits per heavy atom. The molecule has 1 saturated heterocycles. The molecule has 0 aromatic carbocycles. The van der Waals surface area contributed by atoms with Crippen LogP contribution in [0.2, 0.25) is 0 Å². The summed E-state index contributed by atoms with van der Waals surface area (Å²) in [6.07, 6.45) is 4.29. The van der Waals surface area contributed by atoms with Gasteiger partial charge in [-0.2, -0.15) is 0 Å². The Balaban J connectivity index is 1.92. The summed E-state index contributed by atoms with van der Waals surface area (Å²) in [7, 11) is 0. The summed E-state index contributed by atoms with van der Waals surface area (Å²) in [5, 5.41) is 16.8. The third-order valence-corrected chi connectivity index (χ3v) is 4.25. The van der Waals surface area contributed by atoms with Gasteiger partial charge in [-0.25, -0.2) is 0 Å². The lowest BCUT2D eigenvalue weighted by Crippen LogP contribution is -2.39. The van der Waals surface area contributed by atoms with Gasteiger partial charge >= 0.3 is 0 Å². The summed E-state index contributed by atoms with van der Waals surface area (Å²) >= 11 is 0. The maximum Gasteiger partial charge on any atom is 0.0911 e. The molecule has 1 aliphatic carbocycles. The SMILES string of the molecule is CC1CCN(CC2(CC(=N)N)CC2)C1CO. The summed E-state index contributed by atoms with van der Waals surface area (Å²) < 4.78 is 0. The van der Waals surface area contributed by atoms with Crippen LogP contribution in [0.25, 0.3) is 0 Å². The molecule has 1 aliphatic heterocycles. The summed E-state index contributed by atoms with van der Waals surface area (Å²) in [6.45, 7) is 4.58. The number of amidine groups is 1. The number of likely N-dealkylation sites (tertiary alicyclic amines) is 1. The minimum absolute atomic E-state index is 0.261. The predicted molar refractivity (Wildman–Crippen MR) is 64.4 cm³/mol. The molecular formula is C12H23N3O. The lowest BCUT2D eigenvalue weighted by molar-refractivity contribution is 0.121. The number of hydrogen-bond acceptors (Lipinski definition) is 3. The number of hydrogen-bond donors (Lipinski definition) is 3. The van der Waals surface area contributed by atoms with E-state index < -0.39 is 0 Å². The van der Waals surface area contributed by atoms with Crippen molar-refractivity contribution < 1.29 is 5.11 Å². The Morgan fingerprint density at radius 3 is 2.75 bits per heavy atom. The maximum absolute atomic E-state index is 9.40. The van der Waals surface area contributed by atoms with Crippen molar-refractivity contribution in [2.45, 2.75) is 38.6 Å². The molecule has 92 valence electrons. The van der Waals surface area contributed by atoms with E-state index in [1.54, 1.807) is 0 Å².